The fourth-order valence-electron chi connectivity index (χ4n) is 2.43. The van der Waals surface area contributed by atoms with Crippen LogP contribution in [0, 0.1) is 0 Å². The van der Waals surface area contributed by atoms with Crippen molar-refractivity contribution in [2.45, 2.75) is 6.18 Å². The minimum Gasteiger partial charge on any atom is -0.546 e. The Hall–Kier alpha value is -3.69. The predicted molar refractivity (Wildman–Crippen MR) is 91.1 cm³/mol. The van der Waals surface area contributed by atoms with E-state index >= 15 is 0 Å². The fraction of sp³-hybridized carbons (Fsp3) is 0.158. The summed E-state index contributed by atoms with van der Waals surface area (Å²) in [6, 6.07) is 8.91. The van der Waals surface area contributed by atoms with Gasteiger partial charge in [-0.3, -0.25) is 4.79 Å². The summed E-state index contributed by atoms with van der Waals surface area (Å²) in [4.78, 5) is 23.1. The van der Waals surface area contributed by atoms with Gasteiger partial charge in [0.1, 0.15) is 29.4 Å². The Bertz CT molecular complexity index is 1100. The summed E-state index contributed by atoms with van der Waals surface area (Å²) in [7, 11) is 1.42. The van der Waals surface area contributed by atoms with Crippen LogP contribution in [0.5, 0.6) is 23.0 Å². The molecule has 0 unspecified atom stereocenters. The normalized spacial score (nSPS) is 11.3. The molecule has 0 radical (unpaired) electrons. The maximum atomic E-state index is 13.5. The minimum atomic E-state index is -5.03. The van der Waals surface area contributed by atoms with Gasteiger partial charge in [-0.15, -0.1) is 0 Å². The molecular weight excluding hydrogens is 397 g/mol. The minimum absolute atomic E-state index is 0.0307. The number of hydrogen-bond donors (Lipinski definition) is 0. The lowest BCUT2D eigenvalue weighted by Gasteiger charge is -2.14. The van der Waals surface area contributed by atoms with E-state index in [1.807, 2.05) is 0 Å². The van der Waals surface area contributed by atoms with Gasteiger partial charge in [0.2, 0.25) is 11.2 Å². The van der Waals surface area contributed by atoms with E-state index in [-0.39, 0.29) is 16.9 Å². The lowest BCUT2D eigenvalue weighted by Crippen LogP contribution is -2.28. The molecule has 10 heteroatoms. The van der Waals surface area contributed by atoms with E-state index in [0.29, 0.717) is 5.75 Å². The van der Waals surface area contributed by atoms with E-state index in [4.69, 9.17) is 18.6 Å². The molecule has 0 bridgehead atoms. The van der Waals surface area contributed by atoms with Gasteiger partial charge >= 0.3 is 6.18 Å². The Morgan fingerprint density at radius 3 is 2.28 bits per heavy atom. The summed E-state index contributed by atoms with van der Waals surface area (Å²) in [5.41, 5.74) is -1.50. The number of carboxylic acid groups (broad SMARTS) is 1. The predicted octanol–water partition coefficient (Wildman–Crippen LogP) is 2.74. The molecule has 1 heterocycles. The number of fused-ring (bicyclic) bond motifs is 1. The van der Waals surface area contributed by atoms with E-state index in [0.717, 1.165) is 12.1 Å². The molecule has 29 heavy (non-hydrogen) atoms. The molecule has 0 amide bonds. The maximum Gasteiger partial charge on any atom is 0.453 e. The Balaban J connectivity index is 2.09. The number of ether oxygens (including phenoxy) is 3. The first kappa shape index (κ1) is 20.1. The molecule has 152 valence electrons. The van der Waals surface area contributed by atoms with Crippen molar-refractivity contribution in [2.75, 3.05) is 13.7 Å². The smallest absolute Gasteiger partial charge is 0.453 e. The Labute approximate surface area is 160 Å². The van der Waals surface area contributed by atoms with Gasteiger partial charge in [0.05, 0.1) is 18.5 Å². The number of hydrogen-bond acceptors (Lipinski definition) is 7. The molecule has 7 nitrogen and oxygen atoms in total. The highest BCUT2D eigenvalue weighted by Crippen LogP contribution is 2.38. The first-order chi connectivity index (χ1) is 13.7. The monoisotopic (exact) mass is 409 g/mol. The molecule has 1 aromatic heterocycles. The molecule has 0 atom stereocenters. The van der Waals surface area contributed by atoms with Gasteiger partial charge in [-0.1, -0.05) is 0 Å². The molecule has 0 saturated carbocycles. The second-order valence-corrected chi connectivity index (χ2v) is 5.68. The third-order valence-corrected chi connectivity index (χ3v) is 3.72. The number of benzene rings is 2. The van der Waals surface area contributed by atoms with Gasteiger partial charge in [-0.25, -0.2) is 0 Å². The molecule has 2 aromatic carbocycles. The number of rotatable bonds is 6. The van der Waals surface area contributed by atoms with E-state index in [9.17, 15) is 27.9 Å². The molecule has 0 aliphatic carbocycles. The van der Waals surface area contributed by atoms with Gasteiger partial charge in [0, 0.05) is 6.07 Å². The Morgan fingerprint density at radius 2 is 1.69 bits per heavy atom. The van der Waals surface area contributed by atoms with Gasteiger partial charge in [-0.2, -0.15) is 13.2 Å². The van der Waals surface area contributed by atoms with Crippen LogP contribution >= 0.6 is 0 Å². The highest BCUT2D eigenvalue weighted by atomic mass is 19.4. The highest BCUT2D eigenvalue weighted by Gasteiger charge is 2.40. The van der Waals surface area contributed by atoms with E-state index < -0.39 is 41.3 Å². The van der Waals surface area contributed by atoms with Gasteiger partial charge in [-0.05, 0) is 36.4 Å². The third kappa shape index (κ3) is 4.42. The van der Waals surface area contributed by atoms with Crippen LogP contribution in [-0.2, 0) is 11.0 Å². The number of carbonyl (C=O) groups is 1. The molecule has 0 N–H and O–H groups in total. The van der Waals surface area contributed by atoms with Crippen molar-refractivity contribution < 1.29 is 41.7 Å². The lowest BCUT2D eigenvalue weighted by atomic mass is 10.2. The largest absolute Gasteiger partial charge is 0.546 e. The van der Waals surface area contributed by atoms with Gasteiger partial charge < -0.3 is 28.5 Å². The molecule has 3 aromatic rings. The van der Waals surface area contributed by atoms with Crippen LogP contribution < -0.4 is 24.7 Å². The van der Waals surface area contributed by atoms with Crippen LogP contribution in [0.4, 0.5) is 13.2 Å². The number of alkyl halides is 3. The zero-order chi connectivity index (χ0) is 21.2. The van der Waals surface area contributed by atoms with Crippen LogP contribution in [0.2, 0.25) is 0 Å². The summed E-state index contributed by atoms with van der Waals surface area (Å²) in [5, 5.41) is 10.2. The standard InChI is InChI=1S/C19H13F3O7/c1-26-10-2-4-11(5-3-10)28-17-16(25)13-7-6-12(27-9-15(23)24)8-14(13)29-18(17)19(20,21)22/h2-8H,9H2,1H3,(H,23,24)/p-1. The van der Waals surface area contributed by atoms with Crippen LogP contribution in [0.3, 0.4) is 0 Å². The molecule has 3 rings (SSSR count). The van der Waals surface area contributed by atoms with Crippen molar-refractivity contribution in [3.8, 4) is 23.0 Å². The highest BCUT2D eigenvalue weighted by molar-refractivity contribution is 5.80. The summed E-state index contributed by atoms with van der Waals surface area (Å²) in [5.74, 6) is -3.88. The summed E-state index contributed by atoms with van der Waals surface area (Å²) >= 11 is 0. The topological polar surface area (TPSA) is 98.0 Å². The van der Waals surface area contributed by atoms with Gasteiger partial charge in [0.15, 0.2) is 0 Å². The summed E-state index contributed by atoms with van der Waals surface area (Å²) in [6.45, 7) is -0.819. The number of aliphatic carboxylic acids is 1. The Kier molecular flexibility index (Phi) is 5.35. The quantitative estimate of drug-likeness (QED) is 0.617. The second kappa shape index (κ2) is 7.74. The molecule has 0 aliphatic heterocycles. The van der Waals surface area contributed by atoms with Crippen molar-refractivity contribution in [1.29, 1.82) is 0 Å². The first-order valence-electron chi connectivity index (χ1n) is 8.01. The summed E-state index contributed by atoms with van der Waals surface area (Å²) in [6.07, 6.45) is -5.03. The van der Waals surface area contributed by atoms with Crippen molar-refractivity contribution in [3.05, 3.63) is 58.4 Å². The van der Waals surface area contributed by atoms with Crippen molar-refractivity contribution in [3.63, 3.8) is 0 Å². The second-order valence-electron chi connectivity index (χ2n) is 5.68. The number of halogens is 3. The SMILES string of the molecule is COc1ccc(Oc2c(C(F)(F)F)oc3cc(OCC(=O)[O-])ccc3c2=O)cc1. The van der Waals surface area contributed by atoms with Crippen LogP contribution in [0.25, 0.3) is 11.0 Å². The van der Waals surface area contributed by atoms with E-state index in [1.165, 1.54) is 37.4 Å². The van der Waals surface area contributed by atoms with E-state index in [2.05, 4.69) is 0 Å². The average molecular weight is 409 g/mol. The van der Waals surface area contributed by atoms with Crippen molar-refractivity contribution >= 4 is 16.9 Å². The number of carbonyl (C=O) groups excluding carboxylic acids is 1. The van der Waals surface area contributed by atoms with Crippen molar-refractivity contribution in [2.24, 2.45) is 0 Å². The third-order valence-electron chi connectivity index (χ3n) is 3.72. The molecule has 0 spiro atoms. The maximum absolute atomic E-state index is 13.5. The summed E-state index contributed by atoms with van der Waals surface area (Å²) < 4.78 is 60.3. The van der Waals surface area contributed by atoms with Crippen LogP contribution in [-0.4, -0.2) is 19.7 Å². The van der Waals surface area contributed by atoms with Crippen molar-refractivity contribution in [1.82, 2.24) is 0 Å². The van der Waals surface area contributed by atoms with Crippen LogP contribution in [0.1, 0.15) is 5.76 Å². The Morgan fingerprint density at radius 1 is 1.07 bits per heavy atom. The molecule has 0 fully saturated rings. The number of methoxy groups -OCH3 is 1. The fourth-order valence-corrected chi connectivity index (χ4v) is 2.43. The average Bonchev–Trinajstić information content (AvgIpc) is 2.68. The molecule has 0 saturated heterocycles. The number of carboxylic acids is 1. The first-order valence-corrected chi connectivity index (χ1v) is 8.01. The van der Waals surface area contributed by atoms with Gasteiger partial charge in [0.25, 0.3) is 5.76 Å². The zero-order valence-electron chi connectivity index (χ0n) is 14.7. The van der Waals surface area contributed by atoms with E-state index in [1.54, 1.807) is 0 Å². The van der Waals surface area contributed by atoms with Crippen LogP contribution in [0.15, 0.2) is 51.7 Å². The lowest BCUT2D eigenvalue weighted by molar-refractivity contribution is -0.307. The molecular formula is C19H12F3O7-. The zero-order valence-corrected chi connectivity index (χ0v) is 14.7. The molecule has 0 aliphatic rings.